The Morgan fingerprint density at radius 3 is 2.54 bits per heavy atom. The van der Waals surface area contributed by atoms with Crippen molar-refractivity contribution in [1.29, 1.82) is 0 Å². The first-order chi connectivity index (χ1) is 13.5. The number of ether oxygens (including phenoxy) is 3. The number of benzene rings is 2. The average molecular weight is 384 g/mol. The van der Waals surface area contributed by atoms with Gasteiger partial charge in [0.1, 0.15) is 18.0 Å². The predicted octanol–water partition coefficient (Wildman–Crippen LogP) is 2.75. The van der Waals surface area contributed by atoms with Gasteiger partial charge in [-0.25, -0.2) is 13.9 Å². The fraction of sp³-hybridized carbons (Fsp3) is 0.150. The Balaban J connectivity index is 1.91. The zero-order valence-corrected chi connectivity index (χ0v) is 15.2. The molecule has 0 aliphatic rings. The van der Waals surface area contributed by atoms with Crippen molar-refractivity contribution in [2.45, 2.75) is 6.61 Å². The maximum absolute atomic E-state index is 14.6. The minimum Gasteiger partial charge on any atom is -0.491 e. The molecule has 3 rings (SSSR count). The van der Waals surface area contributed by atoms with E-state index < -0.39 is 22.9 Å². The molecule has 0 fully saturated rings. The summed E-state index contributed by atoms with van der Waals surface area (Å²) in [6, 6.07) is 13.6. The van der Waals surface area contributed by atoms with Crippen LogP contribution in [0.25, 0.3) is 5.69 Å². The van der Waals surface area contributed by atoms with Crippen molar-refractivity contribution in [2.75, 3.05) is 14.2 Å². The van der Waals surface area contributed by atoms with Crippen LogP contribution in [0.2, 0.25) is 0 Å². The highest BCUT2D eigenvalue weighted by atomic mass is 19.1. The number of nitrogens with zero attached hydrogens (tertiary/aromatic N) is 2. The van der Waals surface area contributed by atoms with Gasteiger partial charge in [0.2, 0.25) is 5.69 Å². The summed E-state index contributed by atoms with van der Waals surface area (Å²) in [7, 11) is 2.38. The Bertz CT molecular complexity index is 1050. The predicted molar refractivity (Wildman–Crippen MR) is 98.5 cm³/mol. The summed E-state index contributed by atoms with van der Waals surface area (Å²) in [5.74, 6) is -1.44. The third-order valence-corrected chi connectivity index (χ3v) is 3.90. The van der Waals surface area contributed by atoms with E-state index in [4.69, 9.17) is 9.47 Å². The van der Waals surface area contributed by atoms with E-state index >= 15 is 0 Å². The van der Waals surface area contributed by atoms with E-state index in [-0.39, 0.29) is 18.0 Å². The fourth-order valence-corrected chi connectivity index (χ4v) is 2.47. The van der Waals surface area contributed by atoms with Crippen molar-refractivity contribution in [3.05, 3.63) is 82.0 Å². The van der Waals surface area contributed by atoms with Crippen LogP contribution < -0.4 is 14.9 Å². The molecule has 0 bridgehead atoms. The van der Waals surface area contributed by atoms with Crippen LogP contribution >= 0.6 is 0 Å². The van der Waals surface area contributed by atoms with Crippen molar-refractivity contribution in [3.8, 4) is 17.2 Å². The van der Waals surface area contributed by atoms with Crippen molar-refractivity contribution < 1.29 is 23.4 Å². The van der Waals surface area contributed by atoms with Crippen molar-refractivity contribution in [2.24, 2.45) is 0 Å². The molecule has 3 aromatic rings. The molecule has 1 aromatic heterocycles. The molecule has 0 atom stereocenters. The summed E-state index contributed by atoms with van der Waals surface area (Å²) in [6.07, 6.45) is 1.19. The molecule has 8 heteroatoms. The van der Waals surface area contributed by atoms with E-state index in [1.165, 1.54) is 25.4 Å². The molecule has 0 spiro atoms. The third kappa shape index (κ3) is 4.01. The Hall–Kier alpha value is -3.68. The number of rotatable bonds is 6. The maximum atomic E-state index is 14.6. The van der Waals surface area contributed by atoms with Crippen LogP contribution in [0.5, 0.6) is 11.5 Å². The molecule has 2 aromatic carbocycles. The van der Waals surface area contributed by atoms with Gasteiger partial charge < -0.3 is 14.2 Å². The van der Waals surface area contributed by atoms with Gasteiger partial charge in [0.25, 0.3) is 5.43 Å². The first-order valence-electron chi connectivity index (χ1n) is 8.26. The number of hydrogen-bond donors (Lipinski definition) is 0. The molecule has 0 aliphatic heterocycles. The lowest BCUT2D eigenvalue weighted by Crippen LogP contribution is -2.24. The Morgan fingerprint density at radius 1 is 1.14 bits per heavy atom. The monoisotopic (exact) mass is 384 g/mol. The lowest BCUT2D eigenvalue weighted by molar-refractivity contribution is 0.0589. The maximum Gasteiger partial charge on any atom is 0.362 e. The topological polar surface area (TPSA) is 79.7 Å². The van der Waals surface area contributed by atoms with E-state index in [0.29, 0.717) is 5.75 Å². The highest BCUT2D eigenvalue weighted by molar-refractivity contribution is 5.87. The first kappa shape index (κ1) is 19.1. The largest absolute Gasteiger partial charge is 0.491 e. The molecule has 1 heterocycles. The fourth-order valence-electron chi connectivity index (χ4n) is 2.47. The third-order valence-electron chi connectivity index (χ3n) is 3.90. The Kier molecular flexibility index (Phi) is 5.69. The molecule has 0 radical (unpaired) electrons. The van der Waals surface area contributed by atoms with Crippen molar-refractivity contribution >= 4 is 5.97 Å². The van der Waals surface area contributed by atoms with Gasteiger partial charge in [-0.1, -0.05) is 30.3 Å². The molecule has 28 heavy (non-hydrogen) atoms. The van der Waals surface area contributed by atoms with Gasteiger partial charge in [0.15, 0.2) is 11.6 Å². The molecule has 0 N–H and O–H groups in total. The lowest BCUT2D eigenvalue weighted by Gasteiger charge is -2.12. The number of halogens is 1. The minimum absolute atomic E-state index is 0.00974. The molecular weight excluding hydrogens is 367 g/mol. The standard InChI is InChI=1S/C20H17FN2O5/c1-26-17-11-23(22-18(19(17)24)20(25)27-2)16-9-8-14(10-15(16)21)28-12-13-6-4-3-5-7-13/h3-11H,12H2,1-2H3. The second-order valence-electron chi connectivity index (χ2n) is 5.70. The number of aromatic nitrogens is 2. The number of methoxy groups -OCH3 is 2. The van der Waals surface area contributed by atoms with Crippen molar-refractivity contribution in [3.63, 3.8) is 0 Å². The van der Waals surface area contributed by atoms with Crippen LogP contribution in [0.3, 0.4) is 0 Å². The van der Waals surface area contributed by atoms with Gasteiger partial charge in [-0.05, 0) is 17.7 Å². The van der Waals surface area contributed by atoms with E-state index in [1.54, 1.807) is 6.07 Å². The molecule has 7 nitrogen and oxygen atoms in total. The Labute approximate surface area is 159 Å². The van der Waals surface area contributed by atoms with E-state index in [2.05, 4.69) is 9.84 Å². The molecular formula is C20H17FN2O5. The molecule has 0 unspecified atom stereocenters. The number of esters is 1. The molecule has 0 saturated heterocycles. The van der Waals surface area contributed by atoms with Gasteiger partial charge in [-0.3, -0.25) is 4.79 Å². The molecule has 0 saturated carbocycles. The van der Waals surface area contributed by atoms with Gasteiger partial charge in [0, 0.05) is 6.07 Å². The average Bonchev–Trinajstić information content (AvgIpc) is 2.73. The van der Waals surface area contributed by atoms with Crippen LogP contribution in [0.15, 0.2) is 59.5 Å². The van der Waals surface area contributed by atoms with Crippen molar-refractivity contribution in [1.82, 2.24) is 9.78 Å². The minimum atomic E-state index is -0.944. The molecule has 0 aliphatic carbocycles. The molecule has 0 amide bonds. The van der Waals surface area contributed by atoms with Gasteiger partial charge in [-0.2, -0.15) is 5.10 Å². The quantitative estimate of drug-likeness (QED) is 0.608. The second-order valence-corrected chi connectivity index (χ2v) is 5.70. The SMILES string of the molecule is COC(=O)c1nn(-c2ccc(OCc3ccccc3)cc2F)cc(OC)c1=O. The van der Waals surface area contributed by atoms with E-state index in [9.17, 15) is 14.0 Å². The van der Waals surface area contributed by atoms with E-state index in [1.807, 2.05) is 30.3 Å². The number of carbonyl (C=O) groups is 1. The molecule has 144 valence electrons. The summed E-state index contributed by atoms with van der Waals surface area (Å²) < 4.78 is 30.8. The van der Waals surface area contributed by atoms with Crippen LogP contribution in [0.1, 0.15) is 16.1 Å². The highest BCUT2D eigenvalue weighted by Crippen LogP contribution is 2.21. The van der Waals surface area contributed by atoms with Gasteiger partial charge in [0.05, 0.1) is 20.4 Å². The van der Waals surface area contributed by atoms with Gasteiger partial charge >= 0.3 is 5.97 Å². The lowest BCUT2D eigenvalue weighted by atomic mass is 10.2. The Morgan fingerprint density at radius 2 is 1.89 bits per heavy atom. The number of hydrogen-bond acceptors (Lipinski definition) is 6. The second kappa shape index (κ2) is 8.34. The van der Waals surface area contributed by atoms with E-state index in [0.717, 1.165) is 17.4 Å². The number of carbonyl (C=O) groups excluding carboxylic acids is 1. The summed E-state index contributed by atoms with van der Waals surface area (Å²) in [5, 5.41) is 3.87. The summed E-state index contributed by atoms with van der Waals surface area (Å²) >= 11 is 0. The van der Waals surface area contributed by atoms with Gasteiger partial charge in [-0.15, -0.1) is 0 Å². The summed E-state index contributed by atoms with van der Waals surface area (Å²) in [4.78, 5) is 23.9. The summed E-state index contributed by atoms with van der Waals surface area (Å²) in [6.45, 7) is 0.288. The highest BCUT2D eigenvalue weighted by Gasteiger charge is 2.19. The zero-order valence-electron chi connectivity index (χ0n) is 15.2. The van der Waals surface area contributed by atoms with Crippen LogP contribution in [0.4, 0.5) is 4.39 Å². The van der Waals surface area contributed by atoms with Crippen LogP contribution in [0, 0.1) is 5.82 Å². The zero-order chi connectivity index (χ0) is 20.1. The van der Waals surface area contributed by atoms with Crippen LogP contribution in [-0.2, 0) is 11.3 Å². The summed E-state index contributed by atoms with van der Waals surface area (Å²) in [5.41, 5.74) is -0.295. The smallest absolute Gasteiger partial charge is 0.362 e. The van der Waals surface area contributed by atoms with Crippen LogP contribution in [-0.4, -0.2) is 30.0 Å². The normalized spacial score (nSPS) is 10.4. The first-order valence-corrected chi connectivity index (χ1v) is 8.26.